The molecule has 5 rings (SSSR count). The number of nitrogens with zero attached hydrogens (tertiary/aromatic N) is 2. The maximum atomic E-state index is 12.8. The molecule has 5 aromatic rings. The van der Waals surface area contributed by atoms with Crippen LogP contribution in [0.1, 0.15) is 10.4 Å². The summed E-state index contributed by atoms with van der Waals surface area (Å²) in [6.07, 6.45) is 1.99. The van der Waals surface area contributed by atoms with E-state index in [0.29, 0.717) is 22.1 Å². The van der Waals surface area contributed by atoms with Crippen molar-refractivity contribution in [3.8, 4) is 5.75 Å². The molecule has 12 heteroatoms. The number of ether oxygens (including phenoxy) is 1. The van der Waals surface area contributed by atoms with Crippen molar-refractivity contribution in [3.05, 3.63) is 66.2 Å². The van der Waals surface area contributed by atoms with Crippen LogP contribution in [-0.4, -0.2) is 37.7 Å². The maximum Gasteiger partial charge on any atom is 0.261 e. The van der Waals surface area contributed by atoms with E-state index in [1.807, 2.05) is 18.4 Å². The number of thioether (sulfide) groups is 1. The Kier molecular flexibility index (Phi) is 6.36. The van der Waals surface area contributed by atoms with E-state index in [1.165, 1.54) is 30.6 Å². The highest BCUT2D eigenvalue weighted by atomic mass is 32.2. The largest absolute Gasteiger partial charge is 0.497 e. The van der Waals surface area contributed by atoms with Crippen LogP contribution in [-0.2, 0) is 10.0 Å². The van der Waals surface area contributed by atoms with Gasteiger partial charge < -0.3 is 4.74 Å². The Morgan fingerprint density at radius 1 is 0.914 bits per heavy atom. The molecule has 1 amide bonds. The summed E-state index contributed by atoms with van der Waals surface area (Å²) in [5.41, 5.74) is 2.44. The number of aromatic nitrogens is 2. The van der Waals surface area contributed by atoms with Gasteiger partial charge in [0, 0.05) is 11.3 Å². The molecule has 0 atom stereocenters. The first-order valence-corrected chi connectivity index (χ1v) is 14.5. The van der Waals surface area contributed by atoms with Crippen molar-refractivity contribution in [1.29, 1.82) is 0 Å². The van der Waals surface area contributed by atoms with Gasteiger partial charge in [0.25, 0.3) is 15.9 Å². The molecule has 0 saturated carbocycles. The lowest BCUT2D eigenvalue weighted by Gasteiger charge is -2.09. The predicted octanol–water partition coefficient (Wildman–Crippen LogP) is 5.69. The van der Waals surface area contributed by atoms with E-state index in [2.05, 4.69) is 20.0 Å². The minimum Gasteiger partial charge on any atom is -0.497 e. The number of hydrogen-bond acceptors (Lipinski definition) is 9. The number of fused-ring (bicyclic) bond motifs is 3. The highest BCUT2D eigenvalue weighted by Crippen LogP contribution is 2.38. The van der Waals surface area contributed by atoms with Gasteiger partial charge in [-0.3, -0.25) is 14.8 Å². The topological polar surface area (TPSA) is 110 Å². The Morgan fingerprint density at radius 2 is 1.57 bits per heavy atom. The number of anilines is 2. The highest BCUT2D eigenvalue weighted by molar-refractivity contribution is 8.00. The second-order valence-corrected chi connectivity index (χ2v) is 12.0. The standard InChI is InChI=1S/C23H18N4O4S4/c1-31-15-7-9-16(10-8-15)35(29,30)27-14-5-3-13(4-6-14)21(28)26-22-24-17-11-12-18-20(19(17)33-22)34-23(25-18)32-2/h3-12,27H,1-2H3,(H,24,26,28). The molecule has 0 unspecified atom stereocenters. The summed E-state index contributed by atoms with van der Waals surface area (Å²) in [5.74, 6) is 0.229. The van der Waals surface area contributed by atoms with E-state index >= 15 is 0 Å². The number of methoxy groups -OCH3 is 1. The Bertz CT molecular complexity index is 1640. The van der Waals surface area contributed by atoms with Gasteiger partial charge in [-0.2, -0.15) is 0 Å². The zero-order valence-electron chi connectivity index (χ0n) is 18.4. The van der Waals surface area contributed by atoms with Crippen LogP contribution < -0.4 is 14.8 Å². The summed E-state index contributed by atoms with van der Waals surface area (Å²) in [5, 5.41) is 3.32. The molecule has 0 fully saturated rings. The number of amides is 1. The van der Waals surface area contributed by atoms with E-state index in [9.17, 15) is 13.2 Å². The van der Waals surface area contributed by atoms with Gasteiger partial charge in [-0.25, -0.2) is 18.4 Å². The Balaban J connectivity index is 1.31. The Hall–Kier alpha value is -3.19. The van der Waals surface area contributed by atoms with Crippen LogP contribution in [0.5, 0.6) is 5.75 Å². The van der Waals surface area contributed by atoms with E-state index in [0.717, 1.165) is 24.8 Å². The molecule has 2 heterocycles. The first-order chi connectivity index (χ1) is 16.9. The number of sulfonamides is 1. The molecule has 3 aromatic carbocycles. The fourth-order valence-electron chi connectivity index (χ4n) is 3.32. The van der Waals surface area contributed by atoms with Gasteiger partial charge in [0.1, 0.15) is 5.75 Å². The third kappa shape index (κ3) is 4.82. The molecule has 35 heavy (non-hydrogen) atoms. The van der Waals surface area contributed by atoms with E-state index in [1.54, 1.807) is 59.5 Å². The third-order valence-electron chi connectivity index (χ3n) is 5.06. The lowest BCUT2D eigenvalue weighted by Crippen LogP contribution is -2.14. The van der Waals surface area contributed by atoms with Gasteiger partial charge in [-0.05, 0) is 66.9 Å². The third-order valence-corrected chi connectivity index (χ3v) is 9.66. The van der Waals surface area contributed by atoms with Gasteiger partial charge in [-0.1, -0.05) is 23.1 Å². The number of carbonyl (C=O) groups excluding carboxylic acids is 1. The first kappa shape index (κ1) is 23.5. The van der Waals surface area contributed by atoms with Crippen molar-refractivity contribution in [2.45, 2.75) is 9.24 Å². The quantitative estimate of drug-likeness (QED) is 0.254. The van der Waals surface area contributed by atoms with Crippen molar-refractivity contribution in [1.82, 2.24) is 9.97 Å². The molecular formula is C23H18N4O4S4. The Morgan fingerprint density at radius 3 is 2.23 bits per heavy atom. The summed E-state index contributed by atoms with van der Waals surface area (Å²) in [4.78, 5) is 22.0. The fraction of sp³-hybridized carbons (Fsp3) is 0.0870. The molecule has 0 saturated heterocycles. The number of nitrogens with one attached hydrogen (secondary N) is 2. The van der Waals surface area contributed by atoms with E-state index < -0.39 is 10.0 Å². The summed E-state index contributed by atoms with van der Waals surface area (Å²) < 4.78 is 35.8. The molecule has 0 aliphatic rings. The van der Waals surface area contributed by atoms with Crippen molar-refractivity contribution in [3.63, 3.8) is 0 Å². The molecule has 0 bridgehead atoms. The predicted molar refractivity (Wildman–Crippen MR) is 143 cm³/mol. The molecule has 0 radical (unpaired) electrons. The van der Waals surface area contributed by atoms with Crippen LogP contribution in [0.3, 0.4) is 0 Å². The first-order valence-electron chi connectivity index (χ1n) is 10.2. The molecule has 0 spiro atoms. The minimum absolute atomic E-state index is 0.107. The average molecular weight is 543 g/mol. The summed E-state index contributed by atoms with van der Waals surface area (Å²) in [6, 6.07) is 16.1. The SMILES string of the molecule is COc1ccc(S(=O)(=O)Nc2ccc(C(=O)Nc3nc4ccc5nc(SC)sc5c4s3)cc2)cc1. The van der Waals surface area contributed by atoms with Gasteiger partial charge in [0.15, 0.2) is 9.47 Å². The molecule has 2 N–H and O–H groups in total. The number of hydrogen-bond donors (Lipinski definition) is 2. The minimum atomic E-state index is -3.77. The van der Waals surface area contributed by atoms with Crippen LogP contribution in [0.25, 0.3) is 20.4 Å². The van der Waals surface area contributed by atoms with Crippen LogP contribution in [0, 0.1) is 0 Å². The van der Waals surface area contributed by atoms with Crippen molar-refractivity contribution < 1.29 is 17.9 Å². The normalized spacial score (nSPS) is 11.6. The zero-order valence-corrected chi connectivity index (χ0v) is 21.7. The number of carbonyl (C=O) groups is 1. The number of rotatable bonds is 7. The molecule has 8 nitrogen and oxygen atoms in total. The monoisotopic (exact) mass is 542 g/mol. The summed E-state index contributed by atoms with van der Waals surface area (Å²) >= 11 is 4.61. The highest BCUT2D eigenvalue weighted by Gasteiger charge is 2.16. The molecule has 178 valence electrons. The van der Waals surface area contributed by atoms with Crippen molar-refractivity contribution >= 4 is 81.6 Å². The average Bonchev–Trinajstić information content (AvgIpc) is 3.47. The second-order valence-electron chi connectivity index (χ2n) is 7.28. The molecule has 2 aromatic heterocycles. The molecular weight excluding hydrogens is 525 g/mol. The van der Waals surface area contributed by atoms with Crippen LogP contribution in [0.4, 0.5) is 10.8 Å². The second kappa shape index (κ2) is 9.46. The maximum absolute atomic E-state index is 12.8. The molecule has 0 aliphatic carbocycles. The van der Waals surface area contributed by atoms with Gasteiger partial charge in [0.05, 0.1) is 32.4 Å². The molecule has 0 aliphatic heterocycles. The summed E-state index contributed by atoms with van der Waals surface area (Å²) in [7, 11) is -2.26. The van der Waals surface area contributed by atoms with Crippen LogP contribution >= 0.6 is 34.4 Å². The van der Waals surface area contributed by atoms with Crippen LogP contribution in [0.2, 0.25) is 0 Å². The lowest BCUT2D eigenvalue weighted by atomic mass is 10.2. The zero-order chi connectivity index (χ0) is 24.6. The fourth-order valence-corrected chi connectivity index (χ4v) is 7.03. The smallest absolute Gasteiger partial charge is 0.261 e. The van der Waals surface area contributed by atoms with E-state index in [-0.39, 0.29) is 10.8 Å². The van der Waals surface area contributed by atoms with Crippen LogP contribution in [0.15, 0.2) is 69.9 Å². The van der Waals surface area contributed by atoms with Gasteiger partial charge in [-0.15, -0.1) is 11.3 Å². The van der Waals surface area contributed by atoms with Crippen molar-refractivity contribution in [2.24, 2.45) is 0 Å². The van der Waals surface area contributed by atoms with Gasteiger partial charge >= 0.3 is 0 Å². The van der Waals surface area contributed by atoms with Crippen molar-refractivity contribution in [2.75, 3.05) is 23.4 Å². The lowest BCUT2D eigenvalue weighted by molar-refractivity contribution is 0.102. The Labute approximate surface area is 213 Å². The van der Waals surface area contributed by atoms with Gasteiger partial charge in [0.2, 0.25) is 0 Å². The van der Waals surface area contributed by atoms with E-state index in [4.69, 9.17) is 4.74 Å². The summed E-state index contributed by atoms with van der Waals surface area (Å²) in [6.45, 7) is 0. The number of benzene rings is 3. The number of thiazole rings is 2.